The van der Waals surface area contributed by atoms with Crippen molar-refractivity contribution in [2.45, 2.75) is 46.1 Å². The second-order valence-corrected chi connectivity index (χ2v) is 5.66. The highest BCUT2D eigenvalue weighted by Gasteiger charge is 2.17. The fraction of sp³-hybridized carbons (Fsp3) is 0.846. The Morgan fingerprint density at radius 1 is 1.28 bits per heavy atom. The Balaban J connectivity index is 2.51. The molecule has 5 nitrogen and oxygen atoms in total. The van der Waals surface area contributed by atoms with E-state index in [4.69, 9.17) is 0 Å². The van der Waals surface area contributed by atoms with Crippen LogP contribution < -0.4 is 10.6 Å². The molecule has 1 rings (SSSR count). The molecule has 0 unspecified atom stereocenters. The van der Waals surface area contributed by atoms with E-state index in [-0.39, 0.29) is 18.0 Å². The predicted molar refractivity (Wildman–Crippen MR) is 74.7 cm³/mol. The van der Waals surface area contributed by atoms with Gasteiger partial charge in [-0.3, -0.25) is 4.79 Å². The average molecular weight is 254 g/mol. The SMILES string of the molecule is CCNC(=NCC(=O)NC(C)(C)C)N1CCCC1. The maximum absolute atomic E-state index is 11.7. The number of guanidine groups is 1. The van der Waals surface area contributed by atoms with Gasteiger partial charge in [-0.05, 0) is 40.5 Å². The van der Waals surface area contributed by atoms with Crippen LogP contribution in [-0.4, -0.2) is 48.5 Å². The van der Waals surface area contributed by atoms with Crippen molar-refractivity contribution < 1.29 is 4.79 Å². The highest BCUT2D eigenvalue weighted by atomic mass is 16.2. The number of nitrogens with one attached hydrogen (secondary N) is 2. The number of nitrogens with zero attached hydrogens (tertiary/aromatic N) is 2. The Morgan fingerprint density at radius 2 is 1.89 bits per heavy atom. The summed E-state index contributed by atoms with van der Waals surface area (Å²) in [5.74, 6) is 0.830. The number of likely N-dealkylation sites (tertiary alicyclic amines) is 1. The summed E-state index contributed by atoms with van der Waals surface area (Å²) in [5, 5.41) is 6.15. The van der Waals surface area contributed by atoms with E-state index in [1.54, 1.807) is 0 Å². The molecule has 1 saturated heterocycles. The summed E-state index contributed by atoms with van der Waals surface area (Å²) in [5.41, 5.74) is -0.196. The van der Waals surface area contributed by atoms with Crippen molar-refractivity contribution in [1.29, 1.82) is 0 Å². The van der Waals surface area contributed by atoms with E-state index in [1.807, 2.05) is 27.7 Å². The van der Waals surface area contributed by atoms with Crippen molar-refractivity contribution in [1.82, 2.24) is 15.5 Å². The Labute approximate surface area is 110 Å². The number of rotatable bonds is 3. The Morgan fingerprint density at radius 3 is 2.39 bits per heavy atom. The lowest BCUT2D eigenvalue weighted by molar-refractivity contribution is -0.121. The molecule has 0 aliphatic carbocycles. The van der Waals surface area contributed by atoms with E-state index in [2.05, 4.69) is 20.5 Å². The van der Waals surface area contributed by atoms with Crippen LogP contribution in [0.15, 0.2) is 4.99 Å². The summed E-state index contributed by atoms with van der Waals surface area (Å²) in [6.45, 7) is 11.0. The first-order chi connectivity index (χ1) is 8.42. The van der Waals surface area contributed by atoms with Gasteiger partial charge in [0.25, 0.3) is 0 Å². The third-order valence-electron chi connectivity index (χ3n) is 2.63. The molecule has 0 aromatic rings. The molecular weight excluding hydrogens is 228 g/mol. The molecule has 2 N–H and O–H groups in total. The van der Waals surface area contributed by atoms with Gasteiger partial charge in [-0.25, -0.2) is 4.99 Å². The molecule has 0 radical (unpaired) electrons. The van der Waals surface area contributed by atoms with Crippen LogP contribution in [0.5, 0.6) is 0 Å². The predicted octanol–water partition coefficient (Wildman–Crippen LogP) is 0.962. The molecule has 1 amide bonds. The van der Waals surface area contributed by atoms with Gasteiger partial charge in [-0.15, -0.1) is 0 Å². The van der Waals surface area contributed by atoms with E-state index in [1.165, 1.54) is 12.8 Å². The van der Waals surface area contributed by atoms with Crippen LogP contribution in [0.2, 0.25) is 0 Å². The highest BCUT2D eigenvalue weighted by molar-refractivity contribution is 5.85. The average Bonchev–Trinajstić information content (AvgIpc) is 2.74. The first kappa shape index (κ1) is 14.8. The summed E-state index contributed by atoms with van der Waals surface area (Å²) >= 11 is 0. The third-order valence-corrected chi connectivity index (χ3v) is 2.63. The zero-order chi connectivity index (χ0) is 13.6. The fourth-order valence-corrected chi connectivity index (χ4v) is 1.96. The number of amides is 1. The largest absolute Gasteiger partial charge is 0.357 e. The minimum absolute atomic E-state index is 0.0305. The molecule has 1 fully saturated rings. The second-order valence-electron chi connectivity index (χ2n) is 5.66. The summed E-state index contributed by atoms with van der Waals surface area (Å²) in [7, 11) is 0. The van der Waals surface area contributed by atoms with Crippen LogP contribution >= 0.6 is 0 Å². The third kappa shape index (κ3) is 5.38. The Bertz CT molecular complexity index is 301. The highest BCUT2D eigenvalue weighted by Crippen LogP contribution is 2.07. The van der Waals surface area contributed by atoms with Gasteiger partial charge in [0.2, 0.25) is 5.91 Å². The lowest BCUT2D eigenvalue weighted by atomic mass is 10.1. The summed E-state index contributed by atoms with van der Waals surface area (Å²) in [6, 6.07) is 0. The van der Waals surface area contributed by atoms with E-state index < -0.39 is 0 Å². The molecule has 0 aromatic carbocycles. The minimum Gasteiger partial charge on any atom is -0.357 e. The summed E-state index contributed by atoms with van der Waals surface area (Å²) < 4.78 is 0. The number of hydrogen-bond acceptors (Lipinski definition) is 2. The van der Waals surface area contributed by atoms with Crippen LogP contribution in [-0.2, 0) is 4.79 Å². The van der Waals surface area contributed by atoms with Crippen LogP contribution in [0.25, 0.3) is 0 Å². The van der Waals surface area contributed by atoms with Crippen molar-refractivity contribution in [2.24, 2.45) is 4.99 Å². The number of carbonyl (C=O) groups excluding carboxylic acids is 1. The number of hydrogen-bond donors (Lipinski definition) is 2. The number of carbonyl (C=O) groups is 1. The van der Waals surface area contributed by atoms with Gasteiger partial charge in [0.15, 0.2) is 5.96 Å². The monoisotopic (exact) mass is 254 g/mol. The second kappa shape index (κ2) is 6.61. The van der Waals surface area contributed by atoms with Crippen molar-refractivity contribution in [3.05, 3.63) is 0 Å². The maximum Gasteiger partial charge on any atom is 0.242 e. The molecule has 0 saturated carbocycles. The molecule has 0 bridgehead atoms. The molecule has 1 aliphatic heterocycles. The smallest absolute Gasteiger partial charge is 0.242 e. The quantitative estimate of drug-likeness (QED) is 0.583. The van der Waals surface area contributed by atoms with Crippen molar-refractivity contribution in [3.63, 3.8) is 0 Å². The summed E-state index contributed by atoms with van der Waals surface area (Å²) in [4.78, 5) is 18.3. The molecule has 0 spiro atoms. The zero-order valence-electron chi connectivity index (χ0n) is 12.0. The lowest BCUT2D eigenvalue weighted by Gasteiger charge is -2.22. The van der Waals surface area contributed by atoms with E-state index >= 15 is 0 Å². The van der Waals surface area contributed by atoms with Crippen LogP contribution in [0.4, 0.5) is 0 Å². The van der Waals surface area contributed by atoms with Gasteiger partial charge in [0.05, 0.1) is 0 Å². The molecule has 5 heteroatoms. The zero-order valence-corrected chi connectivity index (χ0v) is 12.0. The first-order valence-electron chi connectivity index (χ1n) is 6.76. The van der Waals surface area contributed by atoms with Crippen molar-refractivity contribution >= 4 is 11.9 Å². The normalized spacial score (nSPS) is 16.9. The fourth-order valence-electron chi connectivity index (χ4n) is 1.96. The number of aliphatic imine (C=N–C) groups is 1. The standard InChI is InChI=1S/C13H26N4O/c1-5-14-12(17-8-6-7-9-17)15-10-11(18)16-13(2,3)4/h5-10H2,1-4H3,(H,14,15)(H,16,18). The van der Waals surface area contributed by atoms with Crippen LogP contribution in [0.1, 0.15) is 40.5 Å². The van der Waals surface area contributed by atoms with Gasteiger partial charge >= 0.3 is 0 Å². The van der Waals surface area contributed by atoms with Gasteiger partial charge in [-0.1, -0.05) is 0 Å². The summed E-state index contributed by atoms with van der Waals surface area (Å²) in [6.07, 6.45) is 2.41. The molecule has 1 aliphatic rings. The Hall–Kier alpha value is -1.26. The molecule has 0 atom stereocenters. The minimum atomic E-state index is -0.196. The van der Waals surface area contributed by atoms with Gasteiger partial charge in [0.1, 0.15) is 6.54 Å². The van der Waals surface area contributed by atoms with Crippen LogP contribution in [0, 0.1) is 0 Å². The molecule has 104 valence electrons. The van der Waals surface area contributed by atoms with Gasteiger partial charge < -0.3 is 15.5 Å². The molecule has 1 heterocycles. The Kier molecular flexibility index (Phi) is 5.44. The molecule has 18 heavy (non-hydrogen) atoms. The van der Waals surface area contributed by atoms with Gasteiger partial charge in [-0.2, -0.15) is 0 Å². The van der Waals surface area contributed by atoms with E-state index in [0.717, 1.165) is 25.6 Å². The van der Waals surface area contributed by atoms with Crippen molar-refractivity contribution in [3.8, 4) is 0 Å². The van der Waals surface area contributed by atoms with E-state index in [9.17, 15) is 4.79 Å². The maximum atomic E-state index is 11.7. The van der Waals surface area contributed by atoms with Crippen molar-refractivity contribution in [2.75, 3.05) is 26.2 Å². The molecular formula is C13H26N4O. The topological polar surface area (TPSA) is 56.7 Å². The molecule has 0 aromatic heterocycles. The first-order valence-corrected chi connectivity index (χ1v) is 6.76. The van der Waals surface area contributed by atoms with E-state index in [0.29, 0.717) is 0 Å². The van der Waals surface area contributed by atoms with Gasteiger partial charge in [0, 0.05) is 25.2 Å². The van der Waals surface area contributed by atoms with Crippen LogP contribution in [0.3, 0.4) is 0 Å². The lowest BCUT2D eigenvalue weighted by Crippen LogP contribution is -2.43.